The van der Waals surface area contributed by atoms with Crippen LogP contribution < -0.4 is 0 Å². The van der Waals surface area contributed by atoms with Gasteiger partial charge in [-0.05, 0) is 0 Å². The van der Waals surface area contributed by atoms with E-state index in [1.54, 1.807) is 0 Å². The van der Waals surface area contributed by atoms with Crippen molar-refractivity contribution in [3.8, 4) is 0 Å². The molecule has 0 aromatic carbocycles. The van der Waals surface area contributed by atoms with Gasteiger partial charge in [-0.25, -0.2) is 0 Å². The molecule has 0 aliphatic carbocycles. The molecule has 50 heavy (non-hydrogen) atoms. The van der Waals surface area contributed by atoms with Gasteiger partial charge in [0.2, 0.25) is 18.3 Å². The lowest BCUT2D eigenvalue weighted by Crippen LogP contribution is -2.67. The SMILES string of the molecule is CC(=O)OCC1OC(OC(=N)C(Cl)(Cl)Cl)C(OC(C)=O)[C@@H](OC(C)=O)[C@@H]1O[C@@H]1OC(COC(C)=O)[C@@H](OC(C)=O)[C@H](OC(C)=O)C1OC(C)=O. The van der Waals surface area contributed by atoms with Gasteiger partial charge in [0.25, 0.3) is 3.79 Å². The lowest BCUT2D eigenvalue weighted by atomic mass is 9.96. The Labute approximate surface area is 300 Å². The summed E-state index contributed by atoms with van der Waals surface area (Å²) in [5.41, 5.74) is 0. The second kappa shape index (κ2) is 18.7. The molecule has 0 saturated carbocycles. The molecule has 2 aliphatic heterocycles. The lowest BCUT2D eigenvalue weighted by Gasteiger charge is -2.48. The summed E-state index contributed by atoms with van der Waals surface area (Å²) in [4.78, 5) is 84.9. The van der Waals surface area contributed by atoms with Crippen LogP contribution in [-0.2, 0) is 85.7 Å². The van der Waals surface area contributed by atoms with Crippen LogP contribution in [0.1, 0.15) is 48.5 Å². The second-order valence-corrected chi connectivity index (χ2v) is 12.9. The zero-order chi connectivity index (χ0) is 38.1. The van der Waals surface area contributed by atoms with Gasteiger partial charge in [-0.1, -0.05) is 34.8 Å². The van der Waals surface area contributed by atoms with Crippen LogP contribution >= 0.6 is 34.8 Å². The van der Waals surface area contributed by atoms with Crippen molar-refractivity contribution in [2.75, 3.05) is 13.2 Å². The molecule has 0 amide bonds. The van der Waals surface area contributed by atoms with Gasteiger partial charge >= 0.3 is 41.8 Å². The highest BCUT2D eigenvalue weighted by Gasteiger charge is 2.58. The Morgan fingerprint density at radius 1 is 0.500 bits per heavy atom. The molecule has 2 heterocycles. The monoisotopic (exact) mass is 779 g/mol. The number of carbonyl (C=O) groups is 7. The third kappa shape index (κ3) is 13.0. The van der Waals surface area contributed by atoms with E-state index >= 15 is 0 Å². The summed E-state index contributed by atoms with van der Waals surface area (Å²) in [6.45, 7) is 5.79. The van der Waals surface area contributed by atoms with Crippen molar-refractivity contribution in [2.24, 2.45) is 0 Å². The zero-order valence-electron chi connectivity index (χ0n) is 27.7. The molecule has 5 unspecified atom stereocenters. The molecule has 1 N–H and O–H groups in total. The topological polar surface area (TPSA) is 245 Å². The third-order valence-corrected chi connectivity index (χ3v) is 6.89. The molecule has 10 atom stereocenters. The van der Waals surface area contributed by atoms with E-state index in [9.17, 15) is 33.6 Å². The van der Waals surface area contributed by atoms with Crippen LogP contribution in [0, 0.1) is 5.41 Å². The highest BCUT2D eigenvalue weighted by molar-refractivity contribution is 6.76. The predicted molar refractivity (Wildman–Crippen MR) is 162 cm³/mol. The summed E-state index contributed by atoms with van der Waals surface area (Å²) >= 11 is 17.3. The molecule has 22 heteroatoms. The van der Waals surface area contributed by atoms with E-state index < -0.39 is 126 Å². The van der Waals surface area contributed by atoms with Crippen LogP contribution in [0.15, 0.2) is 0 Å². The van der Waals surface area contributed by atoms with Crippen molar-refractivity contribution in [3.63, 3.8) is 0 Å². The Bertz CT molecular complexity index is 1310. The van der Waals surface area contributed by atoms with E-state index in [0.717, 1.165) is 48.5 Å². The molecule has 2 rings (SSSR count). The van der Waals surface area contributed by atoms with E-state index in [4.69, 9.17) is 92.3 Å². The highest BCUT2D eigenvalue weighted by atomic mass is 35.6. The summed E-state index contributed by atoms with van der Waals surface area (Å²) in [7, 11) is 0. The van der Waals surface area contributed by atoms with Crippen molar-refractivity contribution in [1.29, 1.82) is 5.41 Å². The van der Waals surface area contributed by atoms with E-state index in [-0.39, 0.29) is 0 Å². The van der Waals surface area contributed by atoms with Crippen LogP contribution in [-0.4, -0.2) is 126 Å². The molecule has 0 radical (unpaired) electrons. The summed E-state index contributed by atoms with van der Waals surface area (Å²) in [5.74, 6) is -7.37. The maximum atomic E-state index is 12.4. The van der Waals surface area contributed by atoms with Crippen molar-refractivity contribution >= 4 is 82.5 Å². The largest absolute Gasteiger partial charge is 0.463 e. The van der Waals surface area contributed by atoms with Gasteiger partial charge in [0.05, 0.1) is 0 Å². The normalized spacial score (nSPS) is 29.3. The smallest absolute Gasteiger partial charge is 0.303 e. The quantitative estimate of drug-likeness (QED) is 0.0953. The van der Waals surface area contributed by atoms with Crippen molar-refractivity contribution in [1.82, 2.24) is 0 Å². The molecule has 2 aliphatic rings. The summed E-state index contributed by atoms with van der Waals surface area (Å²) in [6.07, 6.45) is -17.0. The number of hydrogen-bond donors (Lipinski definition) is 1. The molecule has 0 bridgehead atoms. The minimum atomic E-state index is -2.45. The Morgan fingerprint density at radius 2 is 0.840 bits per heavy atom. The van der Waals surface area contributed by atoms with Crippen molar-refractivity contribution in [3.05, 3.63) is 0 Å². The fourth-order valence-electron chi connectivity index (χ4n) is 4.75. The molecule has 2 fully saturated rings. The van der Waals surface area contributed by atoms with E-state index in [0.29, 0.717) is 0 Å². The van der Waals surface area contributed by atoms with Crippen LogP contribution in [0.4, 0.5) is 0 Å². The first kappa shape index (κ1) is 42.7. The number of rotatable bonds is 12. The van der Waals surface area contributed by atoms with Gasteiger partial charge < -0.3 is 52.1 Å². The first-order valence-electron chi connectivity index (χ1n) is 14.5. The summed E-state index contributed by atoms with van der Waals surface area (Å²) in [5, 5.41) is 8.03. The Morgan fingerprint density at radius 3 is 1.24 bits per heavy atom. The van der Waals surface area contributed by atoms with Crippen molar-refractivity contribution < 1.29 is 85.7 Å². The number of carbonyl (C=O) groups excluding carboxylic acids is 7. The fourth-order valence-corrected chi connectivity index (χ4v) is 4.88. The Hall–Kier alpha value is -3.49. The van der Waals surface area contributed by atoms with Gasteiger partial charge in [0.15, 0.2) is 30.7 Å². The number of nitrogens with one attached hydrogen (secondary N) is 1. The molecule has 19 nitrogen and oxygen atoms in total. The van der Waals surface area contributed by atoms with Crippen LogP contribution in [0.3, 0.4) is 0 Å². The van der Waals surface area contributed by atoms with Gasteiger partial charge in [0.1, 0.15) is 31.5 Å². The first-order chi connectivity index (χ1) is 23.1. The maximum absolute atomic E-state index is 12.4. The number of hydrogen-bond acceptors (Lipinski definition) is 19. The van der Waals surface area contributed by atoms with Crippen molar-refractivity contribution in [2.45, 2.75) is 114 Å². The van der Waals surface area contributed by atoms with E-state index in [1.807, 2.05) is 0 Å². The van der Waals surface area contributed by atoms with E-state index in [2.05, 4.69) is 0 Å². The standard InChI is InChI=1S/C28H36Cl3NO18/c1-10(33)40-8-17-19(42-12(3)35)21(43-13(4)36)23(45-15(6)38)25(47-17)49-20-18(9-41-11(2)34)48-26(50-27(32)28(29,30)31)24(46-16(7)39)22(20)44-14(5)37/h17-26,32H,8-9H2,1-7H3/t17?,18?,19-,20-,21+,22+,23?,24?,25+,26?/m1/s1. The lowest BCUT2D eigenvalue weighted by molar-refractivity contribution is -0.355. The number of esters is 7. The highest BCUT2D eigenvalue weighted by Crippen LogP contribution is 2.37. The van der Waals surface area contributed by atoms with Crippen LogP contribution in [0.25, 0.3) is 0 Å². The van der Waals surface area contributed by atoms with Gasteiger partial charge in [0, 0.05) is 48.5 Å². The average molecular weight is 781 g/mol. The molecule has 0 spiro atoms. The van der Waals surface area contributed by atoms with Gasteiger partial charge in [-0.3, -0.25) is 39.0 Å². The van der Waals surface area contributed by atoms with Crippen LogP contribution in [0.5, 0.6) is 0 Å². The second-order valence-electron chi connectivity index (χ2n) is 10.6. The fraction of sp³-hybridized carbons (Fsp3) is 0.714. The number of halogens is 3. The average Bonchev–Trinajstić information content (AvgIpc) is 2.95. The summed E-state index contributed by atoms with van der Waals surface area (Å²) in [6, 6.07) is 0. The minimum Gasteiger partial charge on any atom is -0.463 e. The molecule has 282 valence electrons. The van der Waals surface area contributed by atoms with E-state index in [1.165, 1.54) is 0 Å². The molecular weight excluding hydrogens is 745 g/mol. The van der Waals surface area contributed by atoms with Gasteiger partial charge in [-0.2, -0.15) is 0 Å². The summed E-state index contributed by atoms with van der Waals surface area (Å²) < 4.78 is 58.1. The number of alkyl halides is 3. The first-order valence-corrected chi connectivity index (χ1v) is 15.7. The Kier molecular flexibility index (Phi) is 15.9. The maximum Gasteiger partial charge on any atom is 0.303 e. The predicted octanol–water partition coefficient (Wildman–Crippen LogP) is 0.970. The zero-order valence-corrected chi connectivity index (χ0v) is 29.9. The molecule has 0 aromatic heterocycles. The third-order valence-electron chi connectivity index (χ3n) is 6.38. The molecule has 2 saturated heterocycles. The molecule has 0 aromatic rings. The Balaban J connectivity index is 2.77. The number of ether oxygens (including phenoxy) is 11. The molecular formula is C28H36Cl3NO18. The minimum absolute atomic E-state index is 0.617. The van der Waals surface area contributed by atoms with Crippen LogP contribution in [0.2, 0.25) is 0 Å². The van der Waals surface area contributed by atoms with Gasteiger partial charge in [-0.15, -0.1) is 0 Å².